The number of rotatable bonds is 11. The van der Waals surface area contributed by atoms with Crippen molar-refractivity contribution in [3.05, 3.63) is 63.7 Å². The molecule has 0 spiro atoms. The third-order valence-electron chi connectivity index (χ3n) is 5.78. The molecule has 0 aliphatic heterocycles. The van der Waals surface area contributed by atoms with Crippen LogP contribution in [0.15, 0.2) is 41.9 Å². The van der Waals surface area contributed by atoms with Crippen LogP contribution in [-0.4, -0.2) is 22.4 Å². The van der Waals surface area contributed by atoms with Crippen LogP contribution in [0.5, 0.6) is 5.75 Å². The molecule has 1 fully saturated rings. The molecule has 2 aromatic heterocycles. The minimum atomic E-state index is -4.49. The van der Waals surface area contributed by atoms with Gasteiger partial charge in [-0.1, -0.05) is 25.8 Å². The van der Waals surface area contributed by atoms with Crippen LogP contribution in [0.4, 0.5) is 13.2 Å². The summed E-state index contributed by atoms with van der Waals surface area (Å²) in [5, 5.41) is 2.56. The van der Waals surface area contributed by atoms with E-state index in [0.29, 0.717) is 34.3 Å². The number of aromatic nitrogens is 2. The van der Waals surface area contributed by atoms with E-state index in [2.05, 4.69) is 9.97 Å². The van der Waals surface area contributed by atoms with E-state index in [4.69, 9.17) is 4.74 Å². The normalized spacial score (nSPS) is 13.8. The molecule has 8 heteroatoms. The number of hydrogen-bond acceptors (Lipinski definition) is 5. The quantitative estimate of drug-likeness (QED) is 0.209. The molecule has 0 amide bonds. The van der Waals surface area contributed by atoms with Crippen molar-refractivity contribution < 1.29 is 22.7 Å². The van der Waals surface area contributed by atoms with Gasteiger partial charge >= 0.3 is 6.18 Å². The zero-order valence-corrected chi connectivity index (χ0v) is 19.8. The molecule has 0 bridgehead atoms. The monoisotopic (exact) mass is 488 g/mol. The molecule has 0 atom stereocenters. The number of alkyl halides is 3. The average molecular weight is 489 g/mol. The van der Waals surface area contributed by atoms with E-state index >= 15 is 0 Å². The van der Waals surface area contributed by atoms with Gasteiger partial charge in [0, 0.05) is 30.0 Å². The number of halogens is 3. The SMILES string of the molecule is CCCCCOc1ccc(Cc2nc(-c3ccc(C(=O)CC4CC4)nc3)cs2)cc1C(F)(F)F. The van der Waals surface area contributed by atoms with E-state index in [1.54, 1.807) is 18.3 Å². The van der Waals surface area contributed by atoms with Crippen molar-refractivity contribution in [1.82, 2.24) is 9.97 Å². The molecule has 1 aliphatic rings. The Hall–Kier alpha value is -2.74. The minimum Gasteiger partial charge on any atom is -0.493 e. The first-order valence-corrected chi connectivity index (χ1v) is 12.5. The number of benzene rings is 1. The van der Waals surface area contributed by atoms with Crippen molar-refractivity contribution in [1.29, 1.82) is 0 Å². The number of hydrogen-bond donors (Lipinski definition) is 0. The number of thiazole rings is 1. The molecule has 2 heterocycles. The lowest BCUT2D eigenvalue weighted by Crippen LogP contribution is -2.10. The van der Waals surface area contributed by atoms with E-state index in [1.807, 2.05) is 18.4 Å². The maximum Gasteiger partial charge on any atom is 0.419 e. The molecule has 4 nitrogen and oxygen atoms in total. The van der Waals surface area contributed by atoms with Gasteiger partial charge in [-0.25, -0.2) is 4.98 Å². The maximum absolute atomic E-state index is 13.6. The van der Waals surface area contributed by atoms with Crippen LogP contribution in [0.25, 0.3) is 11.3 Å². The van der Waals surface area contributed by atoms with E-state index in [1.165, 1.54) is 17.4 Å². The lowest BCUT2D eigenvalue weighted by atomic mass is 10.1. The number of Topliss-reactive ketones (excluding diaryl/α,β-unsaturated/α-hetero) is 1. The molecular formula is C26H27F3N2O2S. The summed E-state index contributed by atoms with van der Waals surface area (Å²) in [6.07, 6.45) is 2.83. The van der Waals surface area contributed by atoms with E-state index in [0.717, 1.165) is 43.7 Å². The third kappa shape index (κ3) is 6.44. The molecule has 1 saturated carbocycles. The zero-order valence-electron chi connectivity index (χ0n) is 19.0. The fourth-order valence-electron chi connectivity index (χ4n) is 3.67. The van der Waals surface area contributed by atoms with Crippen molar-refractivity contribution in [2.75, 3.05) is 6.61 Å². The Morgan fingerprint density at radius 3 is 2.68 bits per heavy atom. The Bertz CT molecular complexity index is 1120. The van der Waals surface area contributed by atoms with Gasteiger partial charge in [0.15, 0.2) is 5.78 Å². The molecule has 0 N–H and O–H groups in total. The fraction of sp³-hybridized carbons (Fsp3) is 0.423. The average Bonchev–Trinajstić information content (AvgIpc) is 3.51. The second kappa shape index (κ2) is 10.7. The Kier molecular flexibility index (Phi) is 7.66. The van der Waals surface area contributed by atoms with Gasteiger partial charge in [0.05, 0.1) is 22.9 Å². The number of carbonyl (C=O) groups is 1. The molecule has 3 aromatic rings. The van der Waals surface area contributed by atoms with Crippen LogP contribution >= 0.6 is 11.3 Å². The van der Waals surface area contributed by atoms with Gasteiger partial charge in [0.1, 0.15) is 11.4 Å². The predicted molar refractivity (Wildman–Crippen MR) is 126 cm³/mol. The lowest BCUT2D eigenvalue weighted by Gasteiger charge is -2.15. The van der Waals surface area contributed by atoms with Gasteiger partial charge < -0.3 is 4.74 Å². The fourth-order valence-corrected chi connectivity index (χ4v) is 4.50. The third-order valence-corrected chi connectivity index (χ3v) is 6.63. The standard InChI is InChI=1S/C26H27F3N2O2S/c1-2-3-4-11-33-24-10-7-18(12-20(24)26(27,28)29)14-25-31-22(16-34-25)19-8-9-21(30-15-19)23(32)13-17-5-6-17/h7-10,12,15-17H,2-6,11,13-14H2,1H3. The van der Waals surface area contributed by atoms with Crippen LogP contribution in [0.1, 0.15) is 72.1 Å². The smallest absolute Gasteiger partial charge is 0.419 e. The summed E-state index contributed by atoms with van der Waals surface area (Å²) in [6, 6.07) is 7.75. The molecule has 1 aromatic carbocycles. The van der Waals surface area contributed by atoms with Gasteiger partial charge in [-0.15, -0.1) is 11.3 Å². The Labute approximate surface area is 201 Å². The summed E-state index contributed by atoms with van der Waals surface area (Å²) in [4.78, 5) is 21.1. The number of nitrogens with zero attached hydrogens (tertiary/aromatic N) is 2. The Morgan fingerprint density at radius 1 is 1.18 bits per heavy atom. The maximum atomic E-state index is 13.6. The van der Waals surface area contributed by atoms with Gasteiger partial charge in [0.25, 0.3) is 0 Å². The van der Waals surface area contributed by atoms with Crippen LogP contribution in [-0.2, 0) is 12.6 Å². The van der Waals surface area contributed by atoms with Crippen molar-refractivity contribution in [3.8, 4) is 17.0 Å². The van der Waals surface area contributed by atoms with Gasteiger partial charge in [-0.05, 0) is 55.0 Å². The summed E-state index contributed by atoms with van der Waals surface area (Å²) >= 11 is 1.38. The van der Waals surface area contributed by atoms with Gasteiger partial charge in [0.2, 0.25) is 0 Å². The first-order valence-electron chi connectivity index (χ1n) is 11.6. The van der Waals surface area contributed by atoms with Crippen LogP contribution in [0, 0.1) is 5.92 Å². The zero-order chi connectivity index (χ0) is 24.1. The molecule has 0 saturated heterocycles. The van der Waals surface area contributed by atoms with Crippen molar-refractivity contribution in [2.24, 2.45) is 5.92 Å². The molecular weight excluding hydrogens is 461 g/mol. The van der Waals surface area contributed by atoms with E-state index < -0.39 is 11.7 Å². The van der Waals surface area contributed by atoms with Crippen LogP contribution in [0.2, 0.25) is 0 Å². The topological polar surface area (TPSA) is 52.1 Å². The first-order chi connectivity index (χ1) is 16.3. The highest BCUT2D eigenvalue weighted by Crippen LogP contribution is 2.38. The summed E-state index contributed by atoms with van der Waals surface area (Å²) in [5.74, 6) is 0.440. The van der Waals surface area contributed by atoms with E-state index in [9.17, 15) is 18.0 Å². The first kappa shape index (κ1) is 24.4. The summed E-state index contributed by atoms with van der Waals surface area (Å²) < 4.78 is 46.2. The summed E-state index contributed by atoms with van der Waals surface area (Å²) in [7, 11) is 0. The second-order valence-corrected chi connectivity index (χ2v) is 9.63. The second-order valence-electron chi connectivity index (χ2n) is 8.69. The largest absolute Gasteiger partial charge is 0.493 e. The van der Waals surface area contributed by atoms with Gasteiger partial charge in [-0.2, -0.15) is 13.2 Å². The van der Waals surface area contributed by atoms with Crippen LogP contribution < -0.4 is 4.74 Å². The molecule has 4 rings (SSSR count). The summed E-state index contributed by atoms with van der Waals surface area (Å²) in [6.45, 7) is 2.30. The molecule has 0 unspecified atom stereocenters. The highest BCUT2D eigenvalue weighted by molar-refractivity contribution is 7.10. The number of pyridine rings is 1. The Morgan fingerprint density at radius 2 is 2.00 bits per heavy atom. The number of ketones is 1. The molecule has 180 valence electrons. The van der Waals surface area contributed by atoms with Crippen molar-refractivity contribution >= 4 is 17.1 Å². The van der Waals surface area contributed by atoms with E-state index in [-0.39, 0.29) is 24.6 Å². The van der Waals surface area contributed by atoms with Gasteiger partial charge in [-0.3, -0.25) is 9.78 Å². The highest BCUT2D eigenvalue weighted by Gasteiger charge is 2.34. The van der Waals surface area contributed by atoms with Crippen molar-refractivity contribution in [3.63, 3.8) is 0 Å². The molecule has 0 radical (unpaired) electrons. The highest BCUT2D eigenvalue weighted by atomic mass is 32.1. The van der Waals surface area contributed by atoms with Crippen LogP contribution in [0.3, 0.4) is 0 Å². The number of ether oxygens (including phenoxy) is 1. The lowest BCUT2D eigenvalue weighted by molar-refractivity contribution is -0.139. The number of unbranched alkanes of at least 4 members (excludes halogenated alkanes) is 2. The van der Waals surface area contributed by atoms with Crippen molar-refractivity contribution in [2.45, 2.75) is 58.0 Å². The molecule has 34 heavy (non-hydrogen) atoms. The number of carbonyl (C=O) groups excluding carboxylic acids is 1. The molecule has 1 aliphatic carbocycles. The minimum absolute atomic E-state index is 0.0614. The summed E-state index contributed by atoms with van der Waals surface area (Å²) in [5.41, 5.74) is 1.70. The predicted octanol–water partition coefficient (Wildman–Crippen LogP) is 7.37. The Balaban J connectivity index is 1.44.